The smallest absolute Gasteiger partial charge is 0.305 e. The molecule has 1 aliphatic heterocycles. The first kappa shape index (κ1) is 17.4. The Balaban J connectivity index is 2.11. The van der Waals surface area contributed by atoms with E-state index in [2.05, 4.69) is 18.7 Å². The minimum Gasteiger partial charge on any atom is -0.466 e. The van der Waals surface area contributed by atoms with E-state index >= 15 is 0 Å². The van der Waals surface area contributed by atoms with Gasteiger partial charge in [-0.1, -0.05) is 13.8 Å². The molecule has 0 amide bonds. The van der Waals surface area contributed by atoms with Crippen LogP contribution in [-0.4, -0.2) is 56.6 Å². The summed E-state index contributed by atoms with van der Waals surface area (Å²) in [5.41, 5.74) is 0. The van der Waals surface area contributed by atoms with Crippen molar-refractivity contribution in [3.63, 3.8) is 0 Å². The maximum Gasteiger partial charge on any atom is 0.305 e. The van der Waals surface area contributed by atoms with Gasteiger partial charge in [0, 0.05) is 12.8 Å². The second kappa shape index (κ2) is 8.60. The van der Waals surface area contributed by atoms with Crippen molar-refractivity contribution in [2.24, 2.45) is 0 Å². The van der Waals surface area contributed by atoms with Crippen LogP contribution in [0.5, 0.6) is 0 Å². The van der Waals surface area contributed by atoms with Crippen molar-refractivity contribution in [3.05, 3.63) is 0 Å². The predicted octanol–water partition coefficient (Wildman–Crippen LogP) is 2.19. The van der Waals surface area contributed by atoms with Gasteiger partial charge >= 0.3 is 5.97 Å². The molecule has 1 aliphatic rings. The van der Waals surface area contributed by atoms with Crippen LogP contribution in [0.3, 0.4) is 0 Å². The Kier molecular flexibility index (Phi) is 7.48. The molecule has 0 bridgehead atoms. The highest BCUT2D eigenvalue weighted by Crippen LogP contribution is 2.31. The average molecular weight is 287 g/mol. The van der Waals surface area contributed by atoms with E-state index in [1.807, 2.05) is 14.1 Å². The number of carbonyl (C=O) groups is 1. The molecule has 1 rings (SSSR count). The number of nitrogens with zero attached hydrogens (tertiary/aromatic N) is 1. The zero-order chi connectivity index (χ0) is 15.0. The molecule has 1 saturated heterocycles. The predicted molar refractivity (Wildman–Crippen MR) is 77.5 cm³/mol. The number of hydrogen-bond donors (Lipinski definition) is 0. The highest BCUT2D eigenvalue weighted by atomic mass is 16.7. The number of esters is 1. The fourth-order valence-corrected chi connectivity index (χ4v) is 2.30. The molecule has 1 atom stereocenters. The fourth-order valence-electron chi connectivity index (χ4n) is 2.30. The third-order valence-corrected chi connectivity index (χ3v) is 3.68. The number of hydrogen-bond acceptors (Lipinski definition) is 5. The van der Waals surface area contributed by atoms with Gasteiger partial charge in [-0.25, -0.2) is 0 Å². The molecule has 0 spiro atoms. The van der Waals surface area contributed by atoms with E-state index in [1.165, 1.54) is 0 Å². The summed E-state index contributed by atoms with van der Waals surface area (Å²) in [6.45, 7) is 6.05. The Morgan fingerprint density at radius 2 is 2.05 bits per heavy atom. The van der Waals surface area contributed by atoms with Gasteiger partial charge in [-0.3, -0.25) is 4.79 Å². The summed E-state index contributed by atoms with van der Waals surface area (Å²) in [5.74, 6) is -0.538. The Hall–Kier alpha value is -0.650. The second-order valence-electron chi connectivity index (χ2n) is 5.58. The summed E-state index contributed by atoms with van der Waals surface area (Å²) in [6.07, 6.45) is 3.78. The van der Waals surface area contributed by atoms with Crippen molar-refractivity contribution in [2.75, 3.05) is 33.9 Å². The summed E-state index contributed by atoms with van der Waals surface area (Å²) >= 11 is 0. The highest BCUT2D eigenvalue weighted by molar-refractivity contribution is 5.69. The minimum absolute atomic E-state index is 0.0458. The molecule has 5 nitrogen and oxygen atoms in total. The lowest BCUT2D eigenvalue weighted by atomic mass is 10.1. The Labute approximate surface area is 122 Å². The Bertz CT molecular complexity index is 290. The largest absolute Gasteiger partial charge is 0.466 e. The summed E-state index contributed by atoms with van der Waals surface area (Å²) in [6, 6.07) is 0. The summed E-state index contributed by atoms with van der Waals surface area (Å²) in [5, 5.41) is 0. The van der Waals surface area contributed by atoms with Crippen LogP contribution in [0, 0.1) is 0 Å². The van der Waals surface area contributed by atoms with Gasteiger partial charge in [0.1, 0.15) is 0 Å². The third-order valence-electron chi connectivity index (χ3n) is 3.68. The van der Waals surface area contributed by atoms with Crippen molar-refractivity contribution in [1.29, 1.82) is 0 Å². The van der Waals surface area contributed by atoms with Gasteiger partial charge in [-0.15, -0.1) is 0 Å². The molecule has 0 radical (unpaired) electrons. The van der Waals surface area contributed by atoms with Crippen LogP contribution < -0.4 is 0 Å². The van der Waals surface area contributed by atoms with Crippen LogP contribution in [0.2, 0.25) is 0 Å². The molecule has 5 heteroatoms. The van der Waals surface area contributed by atoms with Gasteiger partial charge in [0.2, 0.25) is 0 Å². The highest BCUT2D eigenvalue weighted by Gasteiger charge is 2.38. The van der Waals surface area contributed by atoms with Crippen molar-refractivity contribution in [1.82, 2.24) is 4.90 Å². The molecule has 20 heavy (non-hydrogen) atoms. The molecule has 0 aliphatic carbocycles. The van der Waals surface area contributed by atoms with Gasteiger partial charge < -0.3 is 19.1 Å². The maximum atomic E-state index is 11.5. The van der Waals surface area contributed by atoms with E-state index in [1.54, 1.807) is 0 Å². The molecule has 1 fully saturated rings. The van der Waals surface area contributed by atoms with Gasteiger partial charge in [0.05, 0.1) is 19.3 Å². The van der Waals surface area contributed by atoms with Gasteiger partial charge in [-0.2, -0.15) is 0 Å². The van der Waals surface area contributed by atoms with E-state index in [4.69, 9.17) is 14.2 Å². The molecule has 0 aromatic rings. The lowest BCUT2D eigenvalue weighted by Crippen LogP contribution is -2.29. The van der Waals surface area contributed by atoms with Crippen LogP contribution >= 0.6 is 0 Å². The Morgan fingerprint density at radius 3 is 2.60 bits per heavy atom. The van der Waals surface area contributed by atoms with Gasteiger partial charge in [0.15, 0.2) is 5.79 Å². The van der Waals surface area contributed by atoms with Crippen LogP contribution in [0.25, 0.3) is 0 Å². The summed E-state index contributed by atoms with van der Waals surface area (Å²) in [4.78, 5) is 13.6. The molecule has 0 aromatic carbocycles. The second-order valence-corrected chi connectivity index (χ2v) is 5.58. The normalized spacial score (nSPS) is 21.4. The van der Waals surface area contributed by atoms with Crippen LogP contribution in [0.15, 0.2) is 0 Å². The third kappa shape index (κ3) is 5.77. The molecule has 0 saturated carbocycles. The van der Waals surface area contributed by atoms with E-state index < -0.39 is 5.79 Å². The number of ether oxygens (including phenoxy) is 3. The fraction of sp³-hybridized carbons (Fsp3) is 0.933. The SMILES string of the molecule is CCC1(CC)OCC(CCOC(=O)CCCN(C)C)O1. The standard InChI is InChI=1S/C15H29NO4/c1-5-15(6-2)19-12-13(20-15)9-11-18-14(17)8-7-10-16(3)4/h13H,5-12H2,1-4H3. The van der Waals surface area contributed by atoms with E-state index in [0.717, 1.165) is 25.8 Å². The van der Waals surface area contributed by atoms with Gasteiger partial charge in [-0.05, 0) is 39.9 Å². The topological polar surface area (TPSA) is 48.0 Å². The molecule has 1 heterocycles. The van der Waals surface area contributed by atoms with Crippen LogP contribution in [-0.2, 0) is 19.0 Å². The Morgan fingerprint density at radius 1 is 1.35 bits per heavy atom. The van der Waals surface area contributed by atoms with Gasteiger partial charge in [0.25, 0.3) is 0 Å². The molecular weight excluding hydrogens is 258 g/mol. The average Bonchev–Trinajstić information content (AvgIpc) is 2.83. The first-order chi connectivity index (χ1) is 9.51. The number of rotatable bonds is 9. The van der Waals surface area contributed by atoms with E-state index in [0.29, 0.717) is 26.1 Å². The number of carbonyl (C=O) groups excluding carboxylic acids is 1. The molecule has 0 aromatic heterocycles. The van der Waals surface area contributed by atoms with Crippen molar-refractivity contribution >= 4 is 5.97 Å². The summed E-state index contributed by atoms with van der Waals surface area (Å²) in [7, 11) is 3.99. The van der Waals surface area contributed by atoms with Crippen molar-refractivity contribution < 1.29 is 19.0 Å². The lowest BCUT2D eigenvalue weighted by molar-refractivity contribution is -0.173. The lowest BCUT2D eigenvalue weighted by Gasteiger charge is -2.24. The van der Waals surface area contributed by atoms with E-state index in [9.17, 15) is 4.79 Å². The van der Waals surface area contributed by atoms with Crippen molar-refractivity contribution in [2.45, 2.75) is 57.8 Å². The van der Waals surface area contributed by atoms with Crippen molar-refractivity contribution in [3.8, 4) is 0 Å². The monoisotopic (exact) mass is 287 g/mol. The van der Waals surface area contributed by atoms with E-state index in [-0.39, 0.29) is 12.1 Å². The zero-order valence-corrected chi connectivity index (χ0v) is 13.3. The van der Waals surface area contributed by atoms with Crippen LogP contribution in [0.4, 0.5) is 0 Å². The molecule has 0 N–H and O–H groups in total. The minimum atomic E-state index is -0.416. The molecule has 1 unspecified atom stereocenters. The first-order valence-corrected chi connectivity index (χ1v) is 7.63. The zero-order valence-electron chi connectivity index (χ0n) is 13.3. The molecule has 118 valence electrons. The summed E-state index contributed by atoms with van der Waals surface area (Å²) < 4.78 is 16.9. The quantitative estimate of drug-likeness (QED) is 0.608. The maximum absolute atomic E-state index is 11.5. The van der Waals surface area contributed by atoms with Crippen LogP contribution in [0.1, 0.15) is 46.0 Å². The molecular formula is C15H29NO4. The first-order valence-electron chi connectivity index (χ1n) is 7.63.